The van der Waals surface area contributed by atoms with E-state index < -0.39 is 0 Å². The van der Waals surface area contributed by atoms with E-state index in [0.29, 0.717) is 0 Å². The zero-order chi connectivity index (χ0) is 13.8. The van der Waals surface area contributed by atoms with E-state index in [2.05, 4.69) is 34.9 Å². The number of aryl methyl sites for hydroxylation is 1. The second kappa shape index (κ2) is 6.57. The van der Waals surface area contributed by atoms with Gasteiger partial charge >= 0.3 is 0 Å². The van der Waals surface area contributed by atoms with Crippen molar-refractivity contribution in [3.05, 3.63) is 41.5 Å². The number of hydrogen-bond donors (Lipinski definition) is 0. The molecule has 0 saturated carbocycles. The van der Waals surface area contributed by atoms with Crippen LogP contribution in [0.15, 0.2) is 34.1 Å². The highest BCUT2D eigenvalue weighted by Crippen LogP contribution is 2.34. The van der Waals surface area contributed by atoms with Gasteiger partial charge in [-0.15, -0.1) is 0 Å². The molecule has 2 rings (SSSR count). The number of aromatic nitrogens is 2. The zero-order valence-electron chi connectivity index (χ0n) is 11.0. The van der Waals surface area contributed by atoms with Gasteiger partial charge in [0, 0.05) is 22.5 Å². The third-order valence-corrected chi connectivity index (χ3v) is 4.59. The Kier molecular flexibility index (Phi) is 5.05. The summed E-state index contributed by atoms with van der Waals surface area (Å²) in [5.41, 5.74) is 2.21. The van der Waals surface area contributed by atoms with Crippen molar-refractivity contribution in [2.45, 2.75) is 41.9 Å². The molecule has 0 atom stereocenters. The van der Waals surface area contributed by atoms with Gasteiger partial charge in [-0.25, -0.2) is 4.39 Å². The highest BCUT2D eigenvalue weighted by atomic mass is 79.9. The molecule has 2 aromatic rings. The number of nitrogens with zero attached hydrogens (tertiary/aromatic N) is 2. The monoisotopic (exact) mass is 342 g/mol. The van der Waals surface area contributed by atoms with E-state index >= 15 is 0 Å². The van der Waals surface area contributed by atoms with E-state index in [1.165, 1.54) is 17.8 Å². The predicted molar refractivity (Wildman–Crippen MR) is 80.4 cm³/mol. The summed E-state index contributed by atoms with van der Waals surface area (Å²) in [6, 6.07) is 6.58. The largest absolute Gasteiger partial charge is 0.268 e. The SMILES string of the molecule is CCCn1nc(CBr)c(Sc2ccc(F)cc2)c1C. The first-order valence-corrected chi connectivity index (χ1v) is 8.15. The van der Waals surface area contributed by atoms with Gasteiger partial charge in [-0.3, -0.25) is 4.68 Å². The highest BCUT2D eigenvalue weighted by Gasteiger charge is 2.14. The average molecular weight is 343 g/mol. The van der Waals surface area contributed by atoms with Crippen LogP contribution in [0, 0.1) is 12.7 Å². The van der Waals surface area contributed by atoms with E-state index in [1.807, 2.05) is 4.68 Å². The molecule has 1 heterocycles. The van der Waals surface area contributed by atoms with Crippen LogP contribution < -0.4 is 0 Å². The van der Waals surface area contributed by atoms with Gasteiger partial charge in [-0.1, -0.05) is 34.6 Å². The van der Waals surface area contributed by atoms with E-state index in [4.69, 9.17) is 0 Å². The number of rotatable bonds is 5. The lowest BCUT2D eigenvalue weighted by Gasteiger charge is -2.04. The standard InChI is InChI=1S/C14H16BrFN2S/c1-3-8-18-10(2)14(13(9-15)17-18)19-12-6-4-11(16)5-7-12/h4-7H,3,8-9H2,1-2H3. The minimum atomic E-state index is -0.205. The van der Waals surface area contributed by atoms with E-state index in [-0.39, 0.29) is 5.82 Å². The number of benzene rings is 1. The van der Waals surface area contributed by atoms with E-state index in [9.17, 15) is 4.39 Å². The smallest absolute Gasteiger partial charge is 0.123 e. The molecule has 2 nitrogen and oxygen atoms in total. The maximum atomic E-state index is 12.9. The summed E-state index contributed by atoms with van der Waals surface area (Å²) in [6.07, 6.45) is 1.06. The Bertz CT molecular complexity index is 551. The molecule has 19 heavy (non-hydrogen) atoms. The summed E-state index contributed by atoms with van der Waals surface area (Å²) in [5.74, 6) is -0.205. The van der Waals surface area contributed by atoms with Gasteiger partial charge in [0.2, 0.25) is 0 Å². The van der Waals surface area contributed by atoms with Gasteiger partial charge in [0.1, 0.15) is 5.82 Å². The van der Waals surface area contributed by atoms with Crippen molar-refractivity contribution >= 4 is 27.7 Å². The first-order valence-electron chi connectivity index (χ1n) is 6.21. The second-order valence-electron chi connectivity index (χ2n) is 4.27. The molecule has 1 aromatic carbocycles. The fourth-order valence-corrected chi connectivity index (χ4v) is 3.43. The molecule has 0 radical (unpaired) electrons. The van der Waals surface area contributed by atoms with Gasteiger partial charge in [-0.2, -0.15) is 5.10 Å². The molecule has 0 N–H and O–H groups in total. The summed E-state index contributed by atoms with van der Waals surface area (Å²) in [6.45, 7) is 5.15. The average Bonchev–Trinajstić information content (AvgIpc) is 2.70. The van der Waals surface area contributed by atoms with Crippen molar-refractivity contribution in [2.24, 2.45) is 0 Å². The molecule has 0 aliphatic rings. The van der Waals surface area contributed by atoms with Crippen molar-refractivity contribution in [1.29, 1.82) is 0 Å². The summed E-state index contributed by atoms with van der Waals surface area (Å²) in [7, 11) is 0. The molecule has 0 aliphatic carbocycles. The predicted octanol–water partition coefficient (Wildman–Crippen LogP) is 4.79. The first-order chi connectivity index (χ1) is 9.15. The highest BCUT2D eigenvalue weighted by molar-refractivity contribution is 9.08. The van der Waals surface area contributed by atoms with E-state index in [1.54, 1.807) is 23.9 Å². The normalized spacial score (nSPS) is 10.9. The zero-order valence-corrected chi connectivity index (χ0v) is 13.4. The molecule has 0 spiro atoms. The number of halogens is 2. The Morgan fingerprint density at radius 1 is 1.32 bits per heavy atom. The molecule has 0 unspecified atom stereocenters. The minimum Gasteiger partial charge on any atom is -0.268 e. The fraction of sp³-hybridized carbons (Fsp3) is 0.357. The lowest BCUT2D eigenvalue weighted by molar-refractivity contribution is 0.582. The molecule has 0 amide bonds. The first kappa shape index (κ1) is 14.6. The van der Waals surface area contributed by atoms with Crippen LogP contribution in [-0.2, 0) is 11.9 Å². The van der Waals surface area contributed by atoms with Crippen LogP contribution >= 0.6 is 27.7 Å². The van der Waals surface area contributed by atoms with Crippen molar-refractivity contribution in [3.63, 3.8) is 0 Å². The Labute approximate surface area is 125 Å². The Morgan fingerprint density at radius 3 is 2.58 bits per heavy atom. The molecule has 102 valence electrons. The van der Waals surface area contributed by atoms with Crippen LogP contribution in [0.2, 0.25) is 0 Å². The van der Waals surface area contributed by atoms with Gasteiger partial charge in [0.25, 0.3) is 0 Å². The van der Waals surface area contributed by atoms with Crippen LogP contribution in [0.5, 0.6) is 0 Å². The summed E-state index contributed by atoms with van der Waals surface area (Å²) in [5, 5.41) is 5.34. The second-order valence-corrected chi connectivity index (χ2v) is 5.92. The Hall–Kier alpha value is -0.810. The van der Waals surface area contributed by atoms with Crippen LogP contribution in [0.25, 0.3) is 0 Å². The molecular weight excluding hydrogens is 327 g/mol. The van der Waals surface area contributed by atoms with Gasteiger partial charge in [0.15, 0.2) is 0 Å². The quantitative estimate of drug-likeness (QED) is 0.727. The summed E-state index contributed by atoms with van der Waals surface area (Å²) >= 11 is 5.12. The molecule has 0 aliphatic heterocycles. The Balaban J connectivity index is 2.30. The third-order valence-electron chi connectivity index (χ3n) is 2.81. The maximum absolute atomic E-state index is 12.9. The minimum absolute atomic E-state index is 0.205. The van der Waals surface area contributed by atoms with Gasteiger partial charge in [0.05, 0.1) is 10.6 Å². The maximum Gasteiger partial charge on any atom is 0.123 e. The molecule has 0 fully saturated rings. The van der Waals surface area contributed by atoms with Crippen molar-refractivity contribution in [1.82, 2.24) is 9.78 Å². The van der Waals surface area contributed by atoms with Crippen molar-refractivity contribution < 1.29 is 4.39 Å². The van der Waals surface area contributed by atoms with Crippen molar-refractivity contribution in [2.75, 3.05) is 0 Å². The molecule has 0 bridgehead atoms. The van der Waals surface area contributed by atoms with Crippen LogP contribution in [-0.4, -0.2) is 9.78 Å². The fourth-order valence-electron chi connectivity index (χ4n) is 1.86. The lowest BCUT2D eigenvalue weighted by atomic mass is 10.3. The molecular formula is C14H16BrFN2S. The third kappa shape index (κ3) is 3.39. The van der Waals surface area contributed by atoms with Crippen LogP contribution in [0.1, 0.15) is 24.7 Å². The van der Waals surface area contributed by atoms with Crippen LogP contribution in [0.4, 0.5) is 4.39 Å². The van der Waals surface area contributed by atoms with E-state index in [0.717, 1.165) is 33.8 Å². The lowest BCUT2D eigenvalue weighted by Crippen LogP contribution is -2.01. The number of hydrogen-bond acceptors (Lipinski definition) is 2. The van der Waals surface area contributed by atoms with Gasteiger partial charge in [-0.05, 0) is 37.6 Å². The number of alkyl halides is 1. The molecule has 1 aromatic heterocycles. The molecule has 5 heteroatoms. The topological polar surface area (TPSA) is 17.8 Å². The van der Waals surface area contributed by atoms with Crippen molar-refractivity contribution in [3.8, 4) is 0 Å². The summed E-state index contributed by atoms with van der Waals surface area (Å²) in [4.78, 5) is 2.19. The summed E-state index contributed by atoms with van der Waals surface area (Å²) < 4.78 is 15.0. The van der Waals surface area contributed by atoms with Gasteiger partial charge < -0.3 is 0 Å². The Morgan fingerprint density at radius 2 is 2.00 bits per heavy atom. The van der Waals surface area contributed by atoms with Crippen LogP contribution in [0.3, 0.4) is 0 Å². The molecule has 0 saturated heterocycles.